The van der Waals surface area contributed by atoms with Gasteiger partial charge in [-0.2, -0.15) is 0 Å². The van der Waals surface area contributed by atoms with Gasteiger partial charge in [0.15, 0.2) is 4.80 Å². The van der Waals surface area contributed by atoms with Gasteiger partial charge in [0, 0.05) is 13.8 Å². The van der Waals surface area contributed by atoms with E-state index in [1.54, 1.807) is 5.38 Å². The smallest absolute Gasteiger partial charge is 0.309 e. The van der Waals surface area contributed by atoms with E-state index in [0.717, 1.165) is 11.3 Å². The Bertz CT molecular complexity index is 728. The first-order valence-corrected chi connectivity index (χ1v) is 6.87. The quantitative estimate of drug-likeness (QED) is 0.799. The summed E-state index contributed by atoms with van der Waals surface area (Å²) in [4.78, 5) is 27.7. The molecule has 0 spiro atoms. The van der Waals surface area contributed by atoms with Crippen molar-refractivity contribution in [2.24, 2.45) is 4.99 Å². The van der Waals surface area contributed by atoms with Gasteiger partial charge in [-0.3, -0.25) is 9.59 Å². The van der Waals surface area contributed by atoms with Gasteiger partial charge < -0.3 is 4.74 Å². The van der Waals surface area contributed by atoms with Crippen LogP contribution in [0.1, 0.15) is 24.2 Å². The molecule has 2 rings (SSSR count). The molecule has 0 bridgehead atoms. The Morgan fingerprint density at radius 3 is 2.55 bits per heavy atom. The van der Waals surface area contributed by atoms with Crippen LogP contribution in [-0.4, -0.2) is 16.4 Å². The summed E-state index contributed by atoms with van der Waals surface area (Å²) in [7, 11) is 0. The van der Waals surface area contributed by atoms with Crippen LogP contribution in [0.25, 0.3) is 0 Å². The Morgan fingerprint density at radius 2 is 1.95 bits per heavy atom. The third kappa shape index (κ3) is 3.03. The van der Waals surface area contributed by atoms with Crippen molar-refractivity contribution in [1.29, 1.82) is 0 Å². The summed E-state index contributed by atoms with van der Waals surface area (Å²) >= 11 is 1.25. The zero-order valence-corrected chi connectivity index (χ0v) is 12.2. The molecule has 0 aliphatic carbocycles. The van der Waals surface area contributed by atoms with E-state index in [2.05, 4.69) is 4.99 Å². The van der Waals surface area contributed by atoms with Gasteiger partial charge in [-0.1, -0.05) is 18.2 Å². The molecule has 0 unspecified atom stereocenters. The van der Waals surface area contributed by atoms with E-state index < -0.39 is 5.97 Å². The summed E-state index contributed by atoms with van der Waals surface area (Å²) in [6.45, 7) is 4.63. The molecule has 0 saturated carbocycles. The minimum Gasteiger partial charge on any atom is -0.408 e. The Balaban J connectivity index is 2.58. The molecule has 6 heteroatoms. The molecule has 20 heavy (non-hydrogen) atoms. The van der Waals surface area contributed by atoms with Crippen LogP contribution in [0.5, 0.6) is 5.88 Å². The first kappa shape index (κ1) is 14.2. The van der Waals surface area contributed by atoms with Crippen LogP contribution in [0, 0.1) is 6.92 Å². The second-order valence-corrected chi connectivity index (χ2v) is 5.04. The van der Waals surface area contributed by atoms with Gasteiger partial charge in [-0.25, -0.2) is 9.56 Å². The van der Waals surface area contributed by atoms with Gasteiger partial charge in [0.05, 0.1) is 11.1 Å². The molecule has 0 radical (unpaired) electrons. The van der Waals surface area contributed by atoms with Gasteiger partial charge >= 0.3 is 5.97 Å². The molecule has 0 saturated heterocycles. The van der Waals surface area contributed by atoms with Crippen molar-refractivity contribution in [3.63, 3.8) is 0 Å². The number of hydrogen-bond donors (Lipinski definition) is 0. The zero-order valence-electron chi connectivity index (χ0n) is 11.4. The van der Waals surface area contributed by atoms with E-state index in [0.29, 0.717) is 4.80 Å². The predicted octanol–water partition coefficient (Wildman–Crippen LogP) is 2.68. The number of hydrogen-bond acceptors (Lipinski definition) is 5. The average molecular weight is 290 g/mol. The van der Waals surface area contributed by atoms with Gasteiger partial charge in [0.25, 0.3) is 0 Å². The minimum atomic E-state index is -0.472. The summed E-state index contributed by atoms with van der Waals surface area (Å²) in [6, 6.07) is 7.61. The first-order chi connectivity index (χ1) is 9.49. The van der Waals surface area contributed by atoms with Gasteiger partial charge in [0.1, 0.15) is 0 Å². The number of thiazole rings is 1. The number of aromatic nitrogens is 1. The summed E-state index contributed by atoms with van der Waals surface area (Å²) in [5.74, 6) is -0.530. The van der Waals surface area contributed by atoms with Gasteiger partial charge in [-0.15, -0.1) is 11.3 Å². The predicted molar refractivity (Wildman–Crippen MR) is 76.3 cm³/mol. The number of benzene rings is 1. The fourth-order valence-electron chi connectivity index (χ4n) is 1.68. The molecule has 1 aromatic carbocycles. The lowest BCUT2D eigenvalue weighted by atomic mass is 10.2. The molecule has 2 aromatic rings. The Labute approximate surface area is 120 Å². The third-order valence-electron chi connectivity index (χ3n) is 2.57. The number of para-hydroxylation sites is 1. The van der Waals surface area contributed by atoms with E-state index in [1.165, 1.54) is 29.8 Å². The zero-order chi connectivity index (χ0) is 14.7. The normalized spacial score (nSPS) is 11.4. The third-order valence-corrected chi connectivity index (χ3v) is 3.38. The number of rotatable bonds is 2. The lowest BCUT2D eigenvalue weighted by Crippen LogP contribution is -2.22. The Hall–Kier alpha value is -2.21. The highest BCUT2D eigenvalue weighted by Crippen LogP contribution is 2.18. The highest BCUT2D eigenvalue weighted by atomic mass is 32.1. The van der Waals surface area contributed by atoms with Crippen molar-refractivity contribution >= 4 is 28.9 Å². The van der Waals surface area contributed by atoms with E-state index in [4.69, 9.17) is 4.74 Å². The summed E-state index contributed by atoms with van der Waals surface area (Å²) < 4.78 is 6.30. The van der Waals surface area contributed by atoms with Gasteiger partial charge in [0.2, 0.25) is 11.8 Å². The van der Waals surface area contributed by atoms with Crippen molar-refractivity contribution in [3.8, 4) is 5.88 Å². The largest absolute Gasteiger partial charge is 0.408 e. The molecule has 0 aliphatic heterocycles. The first-order valence-electron chi connectivity index (χ1n) is 5.99. The highest BCUT2D eigenvalue weighted by Gasteiger charge is 2.12. The van der Waals surface area contributed by atoms with Crippen LogP contribution >= 0.6 is 11.3 Å². The maximum Gasteiger partial charge on any atom is 0.309 e. The van der Waals surface area contributed by atoms with Crippen LogP contribution in [0.4, 0.5) is 5.69 Å². The fraction of sp³-hybridized carbons (Fsp3) is 0.214. The summed E-state index contributed by atoms with van der Waals surface area (Å²) in [5, 5.41) is 1.60. The molecule has 1 heterocycles. The van der Waals surface area contributed by atoms with Crippen LogP contribution in [0.15, 0.2) is 34.6 Å². The topological polar surface area (TPSA) is 60.7 Å². The van der Waals surface area contributed by atoms with E-state index in [9.17, 15) is 9.59 Å². The van der Waals surface area contributed by atoms with Crippen LogP contribution in [0.2, 0.25) is 0 Å². The van der Waals surface area contributed by atoms with Crippen molar-refractivity contribution in [1.82, 2.24) is 4.57 Å². The molecule has 104 valence electrons. The summed E-state index contributed by atoms with van der Waals surface area (Å²) in [5.41, 5.74) is 1.78. The molecule has 0 N–H and O–H groups in total. The molecular weight excluding hydrogens is 276 g/mol. The lowest BCUT2D eigenvalue weighted by Gasteiger charge is -2.03. The minimum absolute atomic E-state index is 0.197. The van der Waals surface area contributed by atoms with Crippen LogP contribution in [-0.2, 0) is 4.79 Å². The lowest BCUT2D eigenvalue weighted by molar-refractivity contribution is -0.132. The molecule has 0 amide bonds. The van der Waals surface area contributed by atoms with Crippen molar-refractivity contribution < 1.29 is 14.3 Å². The molecule has 0 atom stereocenters. The Kier molecular flexibility index (Phi) is 4.14. The molecule has 5 nitrogen and oxygen atoms in total. The number of aryl methyl sites for hydroxylation is 1. The van der Waals surface area contributed by atoms with E-state index in [1.807, 2.05) is 31.2 Å². The molecular formula is C14H14N2O3S. The molecule has 1 aromatic heterocycles. The number of ether oxygens (including phenoxy) is 1. The Morgan fingerprint density at radius 1 is 1.25 bits per heavy atom. The van der Waals surface area contributed by atoms with Gasteiger partial charge in [-0.05, 0) is 18.6 Å². The maximum absolute atomic E-state index is 11.7. The van der Waals surface area contributed by atoms with E-state index >= 15 is 0 Å². The highest BCUT2D eigenvalue weighted by molar-refractivity contribution is 7.07. The standard InChI is InChI=1S/C14H14N2O3S/c1-9-6-4-5-7-12(9)15-14-16(10(2)17)13(8-20-14)19-11(3)18/h4-8H,1-3H3. The van der Waals surface area contributed by atoms with Crippen molar-refractivity contribution in [2.45, 2.75) is 20.8 Å². The van der Waals surface area contributed by atoms with Crippen LogP contribution < -0.4 is 9.54 Å². The fourth-order valence-corrected chi connectivity index (χ4v) is 2.51. The number of esters is 1. The van der Waals surface area contributed by atoms with Crippen LogP contribution in [0.3, 0.4) is 0 Å². The van der Waals surface area contributed by atoms with Crippen molar-refractivity contribution in [3.05, 3.63) is 40.0 Å². The average Bonchev–Trinajstić information content (AvgIpc) is 2.74. The SMILES string of the molecule is CC(=O)Oc1csc(=Nc2ccccc2C)n1C(C)=O. The molecule has 0 fully saturated rings. The van der Waals surface area contributed by atoms with E-state index in [-0.39, 0.29) is 11.8 Å². The molecule has 0 aliphatic rings. The monoisotopic (exact) mass is 290 g/mol. The second-order valence-electron chi connectivity index (χ2n) is 4.20. The second kappa shape index (κ2) is 5.83. The number of carbonyl (C=O) groups excluding carboxylic acids is 2. The maximum atomic E-state index is 11.7. The van der Waals surface area contributed by atoms with Crippen molar-refractivity contribution in [2.75, 3.05) is 0 Å². The summed E-state index contributed by atoms with van der Waals surface area (Å²) in [6.07, 6.45) is 0. The number of nitrogens with zero attached hydrogens (tertiary/aromatic N) is 2. The number of carbonyl (C=O) groups is 2.